The van der Waals surface area contributed by atoms with Crippen LogP contribution in [0.25, 0.3) is 0 Å². The van der Waals surface area contributed by atoms with Crippen LogP contribution in [0, 0.1) is 11.8 Å². The van der Waals surface area contributed by atoms with E-state index in [2.05, 4.69) is 13.0 Å². The Balaban J connectivity index is 1.14. The van der Waals surface area contributed by atoms with Crippen LogP contribution < -0.4 is 0 Å². The lowest BCUT2D eigenvalue weighted by atomic mass is 9.79. The van der Waals surface area contributed by atoms with Crippen molar-refractivity contribution in [1.29, 1.82) is 0 Å². The van der Waals surface area contributed by atoms with E-state index in [0.717, 1.165) is 38.3 Å². The van der Waals surface area contributed by atoms with E-state index in [1.54, 1.807) is 5.57 Å². The molecule has 0 radical (unpaired) electrons. The molecule has 4 heteroatoms. The number of ether oxygens (including phenoxy) is 4. The van der Waals surface area contributed by atoms with Crippen molar-refractivity contribution in [3.63, 3.8) is 0 Å². The molecule has 2 heterocycles. The molecule has 0 bridgehead atoms. The van der Waals surface area contributed by atoms with Crippen molar-refractivity contribution in [3.05, 3.63) is 11.6 Å². The van der Waals surface area contributed by atoms with E-state index in [-0.39, 0.29) is 0 Å². The number of hydrogen-bond acceptors (Lipinski definition) is 4. The highest BCUT2D eigenvalue weighted by molar-refractivity contribution is 5.08. The topological polar surface area (TPSA) is 43.5 Å². The highest BCUT2D eigenvalue weighted by atomic mass is 16.6. The zero-order valence-corrected chi connectivity index (χ0v) is 15.7. The fourth-order valence-electron chi connectivity index (χ4n) is 4.43. The lowest BCUT2D eigenvalue weighted by molar-refractivity contribution is 0.0123. The van der Waals surface area contributed by atoms with Gasteiger partial charge in [-0.25, -0.2) is 0 Å². The molecule has 2 saturated heterocycles. The number of allylic oxidation sites excluding steroid dienone is 2. The van der Waals surface area contributed by atoms with Gasteiger partial charge in [0.25, 0.3) is 0 Å². The van der Waals surface area contributed by atoms with Gasteiger partial charge in [-0.2, -0.15) is 0 Å². The van der Waals surface area contributed by atoms with Gasteiger partial charge in [-0.1, -0.05) is 11.6 Å². The van der Waals surface area contributed by atoms with Gasteiger partial charge in [0, 0.05) is 0 Å². The molecule has 4 nitrogen and oxygen atoms in total. The number of hydrogen-bond donors (Lipinski definition) is 0. The first-order chi connectivity index (χ1) is 12.3. The molecule has 0 N–H and O–H groups in total. The minimum Gasteiger partial charge on any atom is -0.375 e. The Hall–Kier alpha value is -0.420. The fraction of sp³-hybridized carbons (Fsp3) is 0.905. The van der Waals surface area contributed by atoms with Crippen LogP contribution in [-0.2, 0) is 18.9 Å². The standard InChI is InChI=1S/C21H34O4/c1-15(17-4-8-19(9-5-17)23-12-21-14-25-21)10-16-2-6-18(7-3-16)22-11-20-13-24-20/h10,16-21H,2-9,11-14H2,1H3/b15-10+. The molecule has 0 aromatic rings. The normalized spacial score (nSPS) is 41.6. The van der Waals surface area contributed by atoms with Gasteiger partial charge in [0.2, 0.25) is 0 Å². The molecule has 142 valence electrons. The maximum Gasteiger partial charge on any atom is 0.104 e. The smallest absolute Gasteiger partial charge is 0.104 e. The molecule has 25 heavy (non-hydrogen) atoms. The van der Waals surface area contributed by atoms with Gasteiger partial charge in [-0.15, -0.1) is 0 Å². The van der Waals surface area contributed by atoms with Crippen LogP contribution in [0.1, 0.15) is 58.3 Å². The molecular weight excluding hydrogens is 316 g/mol. The van der Waals surface area contributed by atoms with Crippen LogP contribution in [0.4, 0.5) is 0 Å². The van der Waals surface area contributed by atoms with Crippen molar-refractivity contribution in [2.45, 2.75) is 82.7 Å². The zero-order valence-electron chi connectivity index (χ0n) is 15.7. The van der Waals surface area contributed by atoms with E-state index in [1.165, 1.54) is 51.4 Å². The fourth-order valence-corrected chi connectivity index (χ4v) is 4.43. The van der Waals surface area contributed by atoms with Crippen LogP contribution >= 0.6 is 0 Å². The summed E-state index contributed by atoms with van der Waals surface area (Å²) in [6, 6.07) is 0. The first-order valence-electron chi connectivity index (χ1n) is 10.4. The van der Waals surface area contributed by atoms with Gasteiger partial charge in [0.05, 0.1) is 38.6 Å². The highest BCUT2D eigenvalue weighted by Crippen LogP contribution is 2.35. The second-order valence-corrected chi connectivity index (χ2v) is 8.50. The Labute approximate surface area is 152 Å². The quantitative estimate of drug-likeness (QED) is 0.492. The summed E-state index contributed by atoms with van der Waals surface area (Å²) in [5, 5.41) is 0. The van der Waals surface area contributed by atoms with Gasteiger partial charge in [-0.3, -0.25) is 0 Å². The van der Waals surface area contributed by atoms with Gasteiger partial charge in [0.15, 0.2) is 0 Å². The molecule has 4 aliphatic rings. The van der Waals surface area contributed by atoms with Gasteiger partial charge >= 0.3 is 0 Å². The van der Waals surface area contributed by atoms with Crippen molar-refractivity contribution in [3.8, 4) is 0 Å². The third-order valence-corrected chi connectivity index (χ3v) is 6.38. The lowest BCUT2D eigenvalue weighted by Gasteiger charge is -2.31. The third kappa shape index (κ3) is 5.78. The first-order valence-corrected chi connectivity index (χ1v) is 10.4. The summed E-state index contributed by atoms with van der Waals surface area (Å²) in [4.78, 5) is 0. The summed E-state index contributed by atoms with van der Waals surface area (Å²) >= 11 is 0. The second kappa shape index (κ2) is 8.51. The van der Waals surface area contributed by atoms with Crippen LogP contribution in [0.2, 0.25) is 0 Å². The summed E-state index contributed by atoms with van der Waals surface area (Å²) in [7, 11) is 0. The van der Waals surface area contributed by atoms with Gasteiger partial charge in [0.1, 0.15) is 12.2 Å². The van der Waals surface area contributed by atoms with E-state index in [1.807, 2.05) is 0 Å². The van der Waals surface area contributed by atoms with E-state index in [0.29, 0.717) is 24.4 Å². The van der Waals surface area contributed by atoms with E-state index in [9.17, 15) is 0 Å². The van der Waals surface area contributed by atoms with Crippen molar-refractivity contribution >= 4 is 0 Å². The lowest BCUT2D eigenvalue weighted by Crippen LogP contribution is -2.25. The Morgan fingerprint density at radius 2 is 1.28 bits per heavy atom. The van der Waals surface area contributed by atoms with Crippen LogP contribution in [0.3, 0.4) is 0 Å². The summed E-state index contributed by atoms with van der Waals surface area (Å²) in [5.41, 5.74) is 1.62. The molecular formula is C21H34O4. The molecule has 0 aromatic heterocycles. The summed E-state index contributed by atoms with van der Waals surface area (Å²) in [6.07, 6.45) is 14.3. The molecule has 2 aliphatic carbocycles. The molecule has 0 aromatic carbocycles. The molecule has 2 aliphatic heterocycles. The average molecular weight is 350 g/mol. The van der Waals surface area contributed by atoms with E-state index in [4.69, 9.17) is 18.9 Å². The SMILES string of the molecule is C/C(=C\C1CCC(OCC2CO2)CC1)C1CCC(OCC2CO2)CC1. The zero-order chi connectivity index (χ0) is 17.1. The number of epoxide rings is 2. The second-order valence-electron chi connectivity index (χ2n) is 8.50. The van der Waals surface area contributed by atoms with Gasteiger partial charge < -0.3 is 18.9 Å². The van der Waals surface area contributed by atoms with E-state index >= 15 is 0 Å². The van der Waals surface area contributed by atoms with Crippen molar-refractivity contribution in [1.82, 2.24) is 0 Å². The average Bonchev–Trinajstić information content (AvgIpc) is 3.55. The Morgan fingerprint density at radius 1 is 0.800 bits per heavy atom. The molecule has 4 fully saturated rings. The Bertz CT molecular complexity index is 439. The molecule has 2 atom stereocenters. The van der Waals surface area contributed by atoms with Gasteiger partial charge in [-0.05, 0) is 70.1 Å². The molecule has 2 saturated carbocycles. The van der Waals surface area contributed by atoms with Crippen LogP contribution in [0.15, 0.2) is 11.6 Å². The van der Waals surface area contributed by atoms with Crippen molar-refractivity contribution in [2.24, 2.45) is 11.8 Å². The monoisotopic (exact) mass is 350 g/mol. The summed E-state index contributed by atoms with van der Waals surface area (Å²) < 4.78 is 22.4. The minimum atomic E-state index is 0.398. The predicted octanol–water partition coefficient (Wildman–Crippen LogP) is 3.88. The Kier molecular flexibility index (Phi) is 6.12. The molecule has 2 unspecified atom stereocenters. The van der Waals surface area contributed by atoms with Crippen molar-refractivity contribution < 1.29 is 18.9 Å². The minimum absolute atomic E-state index is 0.398. The summed E-state index contributed by atoms with van der Waals surface area (Å²) in [6.45, 7) is 5.78. The maximum absolute atomic E-state index is 5.97. The Morgan fingerprint density at radius 3 is 1.76 bits per heavy atom. The van der Waals surface area contributed by atoms with Crippen LogP contribution in [-0.4, -0.2) is 50.8 Å². The van der Waals surface area contributed by atoms with Crippen molar-refractivity contribution in [2.75, 3.05) is 26.4 Å². The predicted molar refractivity (Wildman–Crippen MR) is 96.6 cm³/mol. The van der Waals surface area contributed by atoms with Crippen LogP contribution in [0.5, 0.6) is 0 Å². The maximum atomic E-state index is 5.97. The highest BCUT2D eigenvalue weighted by Gasteiger charge is 2.29. The third-order valence-electron chi connectivity index (χ3n) is 6.38. The number of rotatable bonds is 8. The molecule has 0 amide bonds. The molecule has 4 rings (SSSR count). The largest absolute Gasteiger partial charge is 0.375 e. The first kappa shape index (κ1) is 18.0. The molecule has 0 spiro atoms. The van der Waals surface area contributed by atoms with E-state index < -0.39 is 0 Å². The summed E-state index contributed by atoms with van der Waals surface area (Å²) in [5.74, 6) is 1.54.